The van der Waals surface area contributed by atoms with E-state index in [0.29, 0.717) is 18.2 Å². The smallest absolute Gasteiger partial charge is 0.126 e. The fourth-order valence-corrected chi connectivity index (χ4v) is 3.77. The minimum atomic E-state index is -0.124. The molecule has 2 N–H and O–H groups in total. The Balaban J connectivity index is 1.70. The maximum atomic E-state index is 13.8. The van der Waals surface area contributed by atoms with Crippen LogP contribution in [0.4, 0.5) is 4.39 Å². The van der Waals surface area contributed by atoms with Gasteiger partial charge < -0.3 is 5.73 Å². The first-order valence-electron chi connectivity index (χ1n) is 8.13. The molecule has 0 spiro atoms. The minimum absolute atomic E-state index is 0.124. The lowest BCUT2D eigenvalue weighted by molar-refractivity contribution is 0.202. The highest BCUT2D eigenvalue weighted by atomic mass is 19.1. The number of halogens is 1. The molecule has 2 heterocycles. The zero-order valence-corrected chi connectivity index (χ0v) is 12.9. The molecule has 0 saturated carbocycles. The average Bonchev–Trinajstić information content (AvgIpc) is 3.14. The lowest BCUT2D eigenvalue weighted by Crippen LogP contribution is -2.38. The van der Waals surface area contributed by atoms with Crippen molar-refractivity contribution in [3.63, 3.8) is 0 Å². The second-order valence-corrected chi connectivity index (χ2v) is 6.44. The quantitative estimate of drug-likeness (QED) is 0.924. The third-order valence-electron chi connectivity index (χ3n) is 5.10. The van der Waals surface area contributed by atoms with Crippen LogP contribution in [0.1, 0.15) is 36.4 Å². The normalized spacial score (nSPS) is 25.6. The Labute approximate surface area is 126 Å². The largest absolute Gasteiger partial charge is 0.329 e. The Morgan fingerprint density at radius 3 is 2.71 bits per heavy atom. The van der Waals surface area contributed by atoms with Gasteiger partial charge in [0, 0.05) is 31.7 Å². The van der Waals surface area contributed by atoms with Crippen molar-refractivity contribution in [2.24, 2.45) is 5.73 Å². The number of rotatable bonds is 4. The maximum Gasteiger partial charge on any atom is 0.126 e. The van der Waals surface area contributed by atoms with Crippen molar-refractivity contribution in [3.8, 4) is 0 Å². The zero-order valence-electron chi connectivity index (χ0n) is 12.9. The summed E-state index contributed by atoms with van der Waals surface area (Å²) < 4.78 is 13.8. The number of hydrogen-bond acceptors (Lipinski definition) is 3. The molecule has 21 heavy (non-hydrogen) atoms. The highest BCUT2D eigenvalue weighted by molar-refractivity contribution is 5.26. The van der Waals surface area contributed by atoms with E-state index in [2.05, 4.69) is 9.80 Å². The maximum absolute atomic E-state index is 13.8. The van der Waals surface area contributed by atoms with Gasteiger partial charge in [-0.2, -0.15) is 0 Å². The molecule has 4 heteroatoms. The molecule has 116 valence electrons. The molecule has 0 amide bonds. The lowest BCUT2D eigenvalue weighted by Gasteiger charge is -2.29. The number of likely N-dealkylation sites (tertiary alicyclic amines) is 2. The van der Waals surface area contributed by atoms with Crippen LogP contribution in [0.15, 0.2) is 18.2 Å². The fourth-order valence-electron chi connectivity index (χ4n) is 3.77. The molecule has 0 aliphatic carbocycles. The van der Waals surface area contributed by atoms with Crippen molar-refractivity contribution in [1.29, 1.82) is 0 Å². The Bertz CT molecular complexity index is 485. The first kappa shape index (κ1) is 14.9. The second kappa shape index (κ2) is 6.42. The summed E-state index contributed by atoms with van der Waals surface area (Å²) in [7, 11) is 0. The van der Waals surface area contributed by atoms with Crippen LogP contribution < -0.4 is 5.73 Å². The molecule has 2 fully saturated rings. The molecule has 1 aromatic rings. The fraction of sp³-hybridized carbons (Fsp3) is 0.647. The third kappa shape index (κ3) is 3.12. The summed E-state index contributed by atoms with van der Waals surface area (Å²) in [6.07, 6.45) is 3.88. The van der Waals surface area contributed by atoms with Gasteiger partial charge >= 0.3 is 0 Å². The minimum Gasteiger partial charge on any atom is -0.329 e. The predicted molar refractivity (Wildman–Crippen MR) is 83.7 cm³/mol. The van der Waals surface area contributed by atoms with Gasteiger partial charge in [0.25, 0.3) is 0 Å². The Morgan fingerprint density at radius 1 is 1.29 bits per heavy atom. The van der Waals surface area contributed by atoms with Crippen LogP contribution in [-0.2, 0) is 0 Å². The van der Waals surface area contributed by atoms with E-state index in [4.69, 9.17) is 5.73 Å². The first-order chi connectivity index (χ1) is 10.2. The van der Waals surface area contributed by atoms with E-state index in [0.717, 1.165) is 18.7 Å². The van der Waals surface area contributed by atoms with Gasteiger partial charge in [0.05, 0.1) is 0 Å². The number of benzene rings is 1. The van der Waals surface area contributed by atoms with E-state index in [-0.39, 0.29) is 11.9 Å². The van der Waals surface area contributed by atoms with Gasteiger partial charge in [-0.25, -0.2) is 4.39 Å². The topological polar surface area (TPSA) is 32.5 Å². The van der Waals surface area contributed by atoms with Gasteiger partial charge in [-0.15, -0.1) is 0 Å². The van der Waals surface area contributed by atoms with Gasteiger partial charge in [0.2, 0.25) is 0 Å². The molecule has 0 aromatic heterocycles. The summed E-state index contributed by atoms with van der Waals surface area (Å²) in [5, 5.41) is 0. The number of aryl methyl sites for hydroxylation is 1. The highest BCUT2D eigenvalue weighted by Crippen LogP contribution is 2.28. The molecular weight excluding hydrogens is 265 g/mol. The van der Waals surface area contributed by atoms with Crippen LogP contribution in [0.2, 0.25) is 0 Å². The van der Waals surface area contributed by atoms with E-state index in [1.165, 1.54) is 32.4 Å². The van der Waals surface area contributed by atoms with Crippen LogP contribution in [-0.4, -0.2) is 48.6 Å². The van der Waals surface area contributed by atoms with Crippen molar-refractivity contribution >= 4 is 0 Å². The van der Waals surface area contributed by atoms with Crippen molar-refractivity contribution < 1.29 is 4.39 Å². The molecular formula is C17H26FN3. The van der Waals surface area contributed by atoms with Crippen LogP contribution in [0.5, 0.6) is 0 Å². The van der Waals surface area contributed by atoms with Gasteiger partial charge in [0.1, 0.15) is 5.82 Å². The van der Waals surface area contributed by atoms with Crippen molar-refractivity contribution in [1.82, 2.24) is 9.80 Å². The Hall–Kier alpha value is -0.970. The summed E-state index contributed by atoms with van der Waals surface area (Å²) >= 11 is 0. The third-order valence-corrected chi connectivity index (χ3v) is 5.10. The SMILES string of the molecule is Cc1ccc(C(CN)N2CCC(N3CCCC3)C2)cc1F. The van der Waals surface area contributed by atoms with E-state index >= 15 is 0 Å². The lowest BCUT2D eigenvalue weighted by atomic mass is 10.0. The molecule has 2 aliphatic heterocycles. The molecule has 2 saturated heterocycles. The Morgan fingerprint density at radius 2 is 2.05 bits per heavy atom. The summed E-state index contributed by atoms with van der Waals surface area (Å²) in [4.78, 5) is 5.05. The van der Waals surface area contributed by atoms with Gasteiger partial charge in [-0.3, -0.25) is 9.80 Å². The van der Waals surface area contributed by atoms with E-state index < -0.39 is 0 Å². The number of nitrogens with zero attached hydrogens (tertiary/aromatic N) is 2. The number of hydrogen-bond donors (Lipinski definition) is 1. The van der Waals surface area contributed by atoms with Crippen LogP contribution in [0.3, 0.4) is 0 Å². The molecule has 2 atom stereocenters. The van der Waals surface area contributed by atoms with Crippen LogP contribution >= 0.6 is 0 Å². The van der Waals surface area contributed by atoms with Crippen molar-refractivity contribution in [2.75, 3.05) is 32.7 Å². The molecule has 2 aliphatic rings. The zero-order chi connectivity index (χ0) is 14.8. The molecule has 1 aromatic carbocycles. The van der Waals surface area contributed by atoms with Crippen molar-refractivity contribution in [2.45, 2.75) is 38.3 Å². The van der Waals surface area contributed by atoms with E-state index in [9.17, 15) is 4.39 Å². The van der Waals surface area contributed by atoms with E-state index in [1.54, 1.807) is 13.0 Å². The van der Waals surface area contributed by atoms with Crippen LogP contribution in [0.25, 0.3) is 0 Å². The van der Waals surface area contributed by atoms with Crippen LogP contribution in [0, 0.1) is 12.7 Å². The standard InChI is InChI=1S/C17H26FN3/c1-13-4-5-14(10-16(13)18)17(11-19)21-9-6-15(12-21)20-7-2-3-8-20/h4-5,10,15,17H,2-3,6-9,11-12,19H2,1H3. The highest BCUT2D eigenvalue weighted by Gasteiger charge is 2.32. The molecule has 0 radical (unpaired) electrons. The molecule has 3 nitrogen and oxygen atoms in total. The molecule has 2 unspecified atom stereocenters. The van der Waals surface area contributed by atoms with Gasteiger partial charge in [-0.05, 0) is 56.5 Å². The molecule has 0 bridgehead atoms. The monoisotopic (exact) mass is 291 g/mol. The van der Waals surface area contributed by atoms with Gasteiger partial charge in [0.15, 0.2) is 0 Å². The summed E-state index contributed by atoms with van der Waals surface area (Å²) in [6.45, 7) is 6.97. The first-order valence-corrected chi connectivity index (χ1v) is 8.13. The summed E-state index contributed by atoms with van der Waals surface area (Å²) in [5.41, 5.74) is 7.71. The number of nitrogens with two attached hydrogens (primary N) is 1. The predicted octanol–water partition coefficient (Wildman–Crippen LogP) is 2.30. The van der Waals surface area contributed by atoms with Crippen molar-refractivity contribution in [3.05, 3.63) is 35.1 Å². The second-order valence-electron chi connectivity index (χ2n) is 6.44. The average molecular weight is 291 g/mol. The summed E-state index contributed by atoms with van der Waals surface area (Å²) in [5.74, 6) is -0.124. The van der Waals surface area contributed by atoms with Gasteiger partial charge in [-0.1, -0.05) is 12.1 Å². The summed E-state index contributed by atoms with van der Waals surface area (Å²) in [6, 6.07) is 6.36. The van der Waals surface area contributed by atoms with E-state index in [1.807, 2.05) is 12.1 Å². The Kier molecular flexibility index (Phi) is 4.57. The molecule has 3 rings (SSSR count).